The van der Waals surface area contributed by atoms with Crippen molar-refractivity contribution in [1.29, 1.82) is 5.26 Å². The standard InChI is InChI=1S/C14H18N2/c1-12-2-4-13(5-3-12)6-9-16-11-14(10-15)7-8-14/h2-5,16H,6-9,11H2,1H3. The maximum atomic E-state index is 8.91. The molecule has 0 spiro atoms. The first-order valence-electron chi connectivity index (χ1n) is 5.92. The van der Waals surface area contributed by atoms with Gasteiger partial charge in [-0.25, -0.2) is 0 Å². The fraction of sp³-hybridized carbons (Fsp3) is 0.500. The molecule has 0 bridgehead atoms. The van der Waals surface area contributed by atoms with Gasteiger partial charge in [0.2, 0.25) is 0 Å². The molecular formula is C14H18N2. The van der Waals surface area contributed by atoms with Gasteiger partial charge in [-0.05, 0) is 38.3 Å². The zero-order valence-corrected chi connectivity index (χ0v) is 9.79. The van der Waals surface area contributed by atoms with E-state index >= 15 is 0 Å². The van der Waals surface area contributed by atoms with Crippen LogP contribution in [0, 0.1) is 23.7 Å². The van der Waals surface area contributed by atoms with Gasteiger partial charge in [0.05, 0.1) is 11.5 Å². The van der Waals surface area contributed by atoms with Crippen LogP contribution in [0.3, 0.4) is 0 Å². The second-order valence-electron chi connectivity index (χ2n) is 4.80. The molecule has 0 aliphatic heterocycles. The predicted molar refractivity (Wildman–Crippen MR) is 65.0 cm³/mol. The van der Waals surface area contributed by atoms with Crippen LogP contribution in [0.5, 0.6) is 0 Å². The molecule has 0 amide bonds. The van der Waals surface area contributed by atoms with Crippen LogP contribution < -0.4 is 5.32 Å². The maximum Gasteiger partial charge on any atom is 0.0703 e. The van der Waals surface area contributed by atoms with E-state index in [-0.39, 0.29) is 5.41 Å². The normalized spacial score (nSPS) is 16.8. The van der Waals surface area contributed by atoms with Crippen molar-refractivity contribution in [2.24, 2.45) is 5.41 Å². The Bertz CT molecular complexity index is 382. The molecule has 0 atom stereocenters. The Kier molecular flexibility index (Phi) is 3.26. The lowest BCUT2D eigenvalue weighted by atomic mass is 10.1. The highest BCUT2D eigenvalue weighted by molar-refractivity contribution is 5.21. The van der Waals surface area contributed by atoms with Gasteiger partial charge in [0.15, 0.2) is 0 Å². The first kappa shape index (κ1) is 11.2. The quantitative estimate of drug-likeness (QED) is 0.764. The molecular weight excluding hydrogens is 196 g/mol. The fourth-order valence-corrected chi connectivity index (χ4v) is 1.79. The summed E-state index contributed by atoms with van der Waals surface area (Å²) in [6.45, 7) is 3.92. The molecule has 1 aromatic rings. The van der Waals surface area contributed by atoms with Crippen molar-refractivity contribution in [3.8, 4) is 6.07 Å². The average molecular weight is 214 g/mol. The minimum atomic E-state index is -0.0206. The summed E-state index contributed by atoms with van der Waals surface area (Å²) in [6.07, 6.45) is 3.18. The van der Waals surface area contributed by atoms with Gasteiger partial charge in [-0.15, -0.1) is 0 Å². The van der Waals surface area contributed by atoms with Crippen molar-refractivity contribution in [3.05, 3.63) is 35.4 Å². The van der Waals surface area contributed by atoms with Crippen molar-refractivity contribution >= 4 is 0 Å². The van der Waals surface area contributed by atoms with Crippen LogP contribution in [0.15, 0.2) is 24.3 Å². The molecule has 84 valence electrons. The molecule has 16 heavy (non-hydrogen) atoms. The molecule has 0 unspecified atom stereocenters. The Morgan fingerprint density at radius 1 is 1.31 bits per heavy atom. The van der Waals surface area contributed by atoms with Gasteiger partial charge < -0.3 is 5.32 Å². The lowest BCUT2D eigenvalue weighted by molar-refractivity contribution is 0.560. The van der Waals surface area contributed by atoms with Crippen molar-refractivity contribution in [3.63, 3.8) is 0 Å². The summed E-state index contributed by atoms with van der Waals surface area (Å²) in [7, 11) is 0. The van der Waals surface area contributed by atoms with E-state index in [1.807, 2.05) is 0 Å². The van der Waals surface area contributed by atoms with Gasteiger partial charge >= 0.3 is 0 Å². The zero-order chi connectivity index (χ0) is 11.4. The Balaban J connectivity index is 1.69. The summed E-state index contributed by atoms with van der Waals surface area (Å²) in [5, 5.41) is 12.3. The molecule has 0 radical (unpaired) electrons. The van der Waals surface area contributed by atoms with Crippen molar-refractivity contribution in [1.82, 2.24) is 5.32 Å². The second kappa shape index (κ2) is 4.67. The van der Waals surface area contributed by atoms with Crippen molar-refractivity contribution in [2.45, 2.75) is 26.2 Å². The number of aryl methyl sites for hydroxylation is 1. The molecule has 1 aliphatic rings. The number of benzene rings is 1. The molecule has 1 aromatic carbocycles. The molecule has 2 heteroatoms. The molecule has 0 aromatic heterocycles. The van der Waals surface area contributed by atoms with E-state index in [2.05, 4.69) is 42.6 Å². The first-order chi connectivity index (χ1) is 7.74. The van der Waals surface area contributed by atoms with Gasteiger partial charge in [-0.1, -0.05) is 29.8 Å². The molecule has 0 saturated heterocycles. The van der Waals surface area contributed by atoms with E-state index in [1.165, 1.54) is 11.1 Å². The highest BCUT2D eigenvalue weighted by atomic mass is 14.9. The van der Waals surface area contributed by atoms with Crippen LogP contribution in [0.25, 0.3) is 0 Å². The summed E-state index contributed by atoms with van der Waals surface area (Å²) in [5.41, 5.74) is 2.64. The predicted octanol–water partition coefficient (Wildman–Crippen LogP) is 2.43. The summed E-state index contributed by atoms with van der Waals surface area (Å²) in [4.78, 5) is 0. The summed E-state index contributed by atoms with van der Waals surface area (Å²) >= 11 is 0. The number of nitrogens with one attached hydrogen (secondary N) is 1. The van der Waals surface area contributed by atoms with E-state index in [9.17, 15) is 0 Å². The molecule has 0 heterocycles. The van der Waals surface area contributed by atoms with Crippen molar-refractivity contribution in [2.75, 3.05) is 13.1 Å². The molecule has 1 aliphatic carbocycles. The van der Waals surface area contributed by atoms with Crippen LogP contribution in [-0.4, -0.2) is 13.1 Å². The maximum absolute atomic E-state index is 8.91. The highest BCUT2D eigenvalue weighted by Gasteiger charge is 2.42. The molecule has 1 N–H and O–H groups in total. The minimum Gasteiger partial charge on any atom is -0.315 e. The zero-order valence-electron chi connectivity index (χ0n) is 9.79. The SMILES string of the molecule is Cc1ccc(CCNCC2(C#N)CC2)cc1. The van der Waals surface area contributed by atoms with Crippen LogP contribution in [-0.2, 0) is 6.42 Å². The number of rotatable bonds is 5. The van der Waals surface area contributed by atoms with Gasteiger partial charge in [-0.2, -0.15) is 5.26 Å². The van der Waals surface area contributed by atoms with Crippen molar-refractivity contribution < 1.29 is 0 Å². The molecule has 2 rings (SSSR count). The Morgan fingerprint density at radius 2 is 2.00 bits per heavy atom. The highest BCUT2D eigenvalue weighted by Crippen LogP contribution is 2.43. The smallest absolute Gasteiger partial charge is 0.0703 e. The number of hydrogen-bond acceptors (Lipinski definition) is 2. The molecule has 2 nitrogen and oxygen atoms in total. The summed E-state index contributed by atoms with van der Waals surface area (Å²) < 4.78 is 0. The van der Waals surface area contributed by atoms with Crippen LogP contribution in [0.1, 0.15) is 24.0 Å². The largest absolute Gasteiger partial charge is 0.315 e. The fourth-order valence-electron chi connectivity index (χ4n) is 1.79. The third-order valence-electron chi connectivity index (χ3n) is 3.27. The lowest BCUT2D eigenvalue weighted by Crippen LogP contribution is -2.25. The van der Waals surface area contributed by atoms with Gasteiger partial charge in [-0.3, -0.25) is 0 Å². The molecule has 1 saturated carbocycles. The van der Waals surface area contributed by atoms with E-state index in [1.54, 1.807) is 0 Å². The van der Waals surface area contributed by atoms with E-state index < -0.39 is 0 Å². The minimum absolute atomic E-state index is 0.0206. The van der Waals surface area contributed by atoms with Gasteiger partial charge in [0.25, 0.3) is 0 Å². The van der Waals surface area contributed by atoms with E-state index in [0.717, 1.165) is 32.4 Å². The van der Waals surface area contributed by atoms with Gasteiger partial charge in [0, 0.05) is 6.54 Å². The Labute approximate surface area is 97.3 Å². The Hall–Kier alpha value is -1.33. The number of hydrogen-bond donors (Lipinski definition) is 1. The van der Waals surface area contributed by atoms with E-state index in [0.29, 0.717) is 0 Å². The summed E-state index contributed by atoms with van der Waals surface area (Å²) in [5.74, 6) is 0. The topological polar surface area (TPSA) is 35.8 Å². The van der Waals surface area contributed by atoms with Crippen LogP contribution >= 0.6 is 0 Å². The second-order valence-corrected chi connectivity index (χ2v) is 4.80. The Morgan fingerprint density at radius 3 is 2.56 bits per heavy atom. The third-order valence-corrected chi connectivity index (χ3v) is 3.27. The number of nitrogens with zero attached hydrogens (tertiary/aromatic N) is 1. The van der Waals surface area contributed by atoms with Crippen LogP contribution in [0.2, 0.25) is 0 Å². The van der Waals surface area contributed by atoms with Gasteiger partial charge in [0.1, 0.15) is 0 Å². The molecule has 1 fully saturated rings. The van der Waals surface area contributed by atoms with E-state index in [4.69, 9.17) is 5.26 Å². The lowest BCUT2D eigenvalue weighted by Gasteiger charge is -2.08. The third kappa shape index (κ3) is 2.84. The first-order valence-corrected chi connectivity index (χ1v) is 5.92. The summed E-state index contributed by atoms with van der Waals surface area (Å²) in [6, 6.07) is 11.0. The monoisotopic (exact) mass is 214 g/mol. The van der Waals surface area contributed by atoms with Crippen LogP contribution in [0.4, 0.5) is 0 Å². The number of nitriles is 1. The average Bonchev–Trinajstić information content (AvgIpc) is 3.08.